The van der Waals surface area contributed by atoms with Crippen molar-refractivity contribution in [3.8, 4) is 0 Å². The third-order valence-electron chi connectivity index (χ3n) is 4.85. The zero-order valence-corrected chi connectivity index (χ0v) is 17.2. The molecule has 0 aliphatic rings. The molecule has 0 bridgehead atoms. The summed E-state index contributed by atoms with van der Waals surface area (Å²) < 4.78 is 26.9. The predicted octanol–water partition coefficient (Wildman–Crippen LogP) is 2.71. The smallest absolute Gasteiger partial charge is 0.228 e. The molecule has 0 saturated heterocycles. The van der Waals surface area contributed by atoms with Crippen LogP contribution in [0.25, 0.3) is 0 Å². The molecular weight excluding hydrogens is 374 g/mol. The number of aromatic nitrogens is 4. The summed E-state index contributed by atoms with van der Waals surface area (Å²) in [6, 6.07) is 11.7. The highest BCUT2D eigenvalue weighted by molar-refractivity contribution is 7.91. The molecule has 7 nitrogen and oxygen atoms in total. The molecule has 2 aromatic heterocycles. The molecule has 0 saturated carbocycles. The number of rotatable bonds is 8. The first kappa shape index (κ1) is 20.2. The van der Waals surface area contributed by atoms with Gasteiger partial charge in [-0.25, -0.2) is 23.4 Å². The maximum atomic E-state index is 12.6. The van der Waals surface area contributed by atoms with Crippen LogP contribution < -0.4 is 0 Å². The quantitative estimate of drug-likeness (QED) is 0.579. The van der Waals surface area contributed by atoms with E-state index >= 15 is 0 Å². The summed E-state index contributed by atoms with van der Waals surface area (Å²) in [7, 11) is -1.44. The minimum Gasteiger partial charge on any atom is -0.313 e. The number of sulfone groups is 1. The molecule has 0 aliphatic carbocycles. The van der Waals surface area contributed by atoms with Crippen LogP contribution in [0.4, 0.5) is 0 Å². The normalized spacial score (nSPS) is 13.0. The van der Waals surface area contributed by atoms with Crippen molar-refractivity contribution in [3.63, 3.8) is 0 Å². The summed E-state index contributed by atoms with van der Waals surface area (Å²) in [4.78, 5) is 14.7. The fraction of sp³-hybridized carbons (Fsp3) is 0.350. The van der Waals surface area contributed by atoms with Gasteiger partial charge in [-0.15, -0.1) is 0 Å². The second-order valence-corrected chi connectivity index (χ2v) is 8.90. The second kappa shape index (κ2) is 8.62. The Balaban J connectivity index is 1.92. The van der Waals surface area contributed by atoms with Gasteiger partial charge in [0.25, 0.3) is 0 Å². The Morgan fingerprint density at radius 1 is 1.14 bits per heavy atom. The molecule has 0 spiro atoms. The standard InChI is InChI=1S/C20H25N5O2S/c1-4-28(26,27)20-22-12-18(25(20)13-17-8-6-5-7-9-17)14-24(3)16(2)19-10-11-21-15-23-19/h5-12,15-16H,4,13-14H2,1-3H3. The Hall–Kier alpha value is -2.58. The molecule has 1 unspecified atom stereocenters. The lowest BCUT2D eigenvalue weighted by Crippen LogP contribution is -2.25. The molecule has 0 N–H and O–H groups in total. The van der Waals surface area contributed by atoms with Gasteiger partial charge in [0, 0.05) is 18.8 Å². The van der Waals surface area contributed by atoms with Gasteiger partial charge >= 0.3 is 0 Å². The van der Waals surface area contributed by atoms with E-state index in [1.165, 1.54) is 6.33 Å². The molecule has 8 heteroatoms. The Morgan fingerprint density at radius 3 is 2.54 bits per heavy atom. The lowest BCUT2D eigenvalue weighted by atomic mass is 10.2. The van der Waals surface area contributed by atoms with E-state index in [-0.39, 0.29) is 17.0 Å². The van der Waals surface area contributed by atoms with E-state index in [0.717, 1.165) is 17.0 Å². The van der Waals surface area contributed by atoms with Gasteiger partial charge in [0.15, 0.2) is 0 Å². The topological polar surface area (TPSA) is 81.0 Å². The first-order valence-corrected chi connectivity index (χ1v) is 10.8. The van der Waals surface area contributed by atoms with E-state index in [1.54, 1.807) is 23.9 Å². The highest BCUT2D eigenvalue weighted by Crippen LogP contribution is 2.21. The van der Waals surface area contributed by atoms with Crippen molar-refractivity contribution in [2.24, 2.45) is 0 Å². The van der Waals surface area contributed by atoms with E-state index in [1.807, 2.05) is 43.4 Å². The SMILES string of the molecule is CCS(=O)(=O)c1ncc(CN(C)C(C)c2ccncn2)n1Cc1ccccc1. The average Bonchev–Trinajstić information content (AvgIpc) is 3.11. The van der Waals surface area contributed by atoms with E-state index in [2.05, 4.69) is 26.8 Å². The minimum absolute atomic E-state index is 0.0193. The van der Waals surface area contributed by atoms with Crippen molar-refractivity contribution in [2.45, 2.75) is 38.1 Å². The summed E-state index contributed by atoms with van der Waals surface area (Å²) in [6.45, 7) is 4.70. The van der Waals surface area contributed by atoms with Crippen LogP contribution in [0.3, 0.4) is 0 Å². The highest BCUT2D eigenvalue weighted by atomic mass is 32.2. The van der Waals surface area contributed by atoms with Crippen LogP contribution >= 0.6 is 0 Å². The van der Waals surface area contributed by atoms with Crippen LogP contribution in [-0.2, 0) is 22.9 Å². The van der Waals surface area contributed by atoms with Gasteiger partial charge in [0.1, 0.15) is 6.33 Å². The van der Waals surface area contributed by atoms with Gasteiger partial charge in [0.05, 0.1) is 29.9 Å². The first-order valence-electron chi connectivity index (χ1n) is 9.19. The summed E-state index contributed by atoms with van der Waals surface area (Å²) >= 11 is 0. The number of nitrogens with zero attached hydrogens (tertiary/aromatic N) is 5. The fourth-order valence-corrected chi connectivity index (χ4v) is 3.99. The third-order valence-corrected chi connectivity index (χ3v) is 6.49. The number of imidazole rings is 1. The maximum absolute atomic E-state index is 12.6. The molecule has 0 aliphatic heterocycles. The zero-order valence-electron chi connectivity index (χ0n) is 16.4. The molecule has 0 amide bonds. The van der Waals surface area contributed by atoms with Crippen LogP contribution in [0.15, 0.2) is 60.3 Å². The van der Waals surface area contributed by atoms with Crippen molar-refractivity contribution < 1.29 is 8.42 Å². The first-order chi connectivity index (χ1) is 13.4. The molecule has 0 radical (unpaired) electrons. The van der Waals surface area contributed by atoms with Crippen LogP contribution in [0.1, 0.15) is 36.8 Å². The van der Waals surface area contributed by atoms with Gasteiger partial charge in [-0.05, 0) is 25.6 Å². The average molecular weight is 400 g/mol. The Morgan fingerprint density at radius 2 is 1.89 bits per heavy atom. The number of hydrogen-bond donors (Lipinski definition) is 0. The van der Waals surface area contributed by atoms with Crippen molar-refractivity contribution in [1.82, 2.24) is 24.4 Å². The van der Waals surface area contributed by atoms with Crippen molar-refractivity contribution in [1.29, 1.82) is 0 Å². The van der Waals surface area contributed by atoms with Crippen LogP contribution in [0, 0.1) is 0 Å². The molecular formula is C20H25N5O2S. The zero-order chi connectivity index (χ0) is 20.1. The molecule has 1 aromatic carbocycles. The molecule has 1 atom stereocenters. The van der Waals surface area contributed by atoms with Crippen molar-refractivity contribution >= 4 is 9.84 Å². The van der Waals surface area contributed by atoms with Gasteiger partial charge < -0.3 is 4.57 Å². The van der Waals surface area contributed by atoms with Gasteiger partial charge in [-0.3, -0.25) is 4.90 Å². The fourth-order valence-electron chi connectivity index (χ4n) is 3.00. The van der Waals surface area contributed by atoms with E-state index in [0.29, 0.717) is 13.1 Å². The Bertz CT molecular complexity index is 1000. The molecule has 28 heavy (non-hydrogen) atoms. The molecule has 148 valence electrons. The molecule has 3 rings (SSSR count). The molecule has 3 aromatic rings. The van der Waals surface area contributed by atoms with Gasteiger partial charge in [-0.2, -0.15) is 0 Å². The maximum Gasteiger partial charge on any atom is 0.228 e. The molecule has 0 fully saturated rings. The summed E-state index contributed by atoms with van der Waals surface area (Å²) in [5.41, 5.74) is 2.79. The van der Waals surface area contributed by atoms with E-state index < -0.39 is 9.84 Å². The second-order valence-electron chi connectivity index (χ2n) is 6.73. The van der Waals surface area contributed by atoms with E-state index in [4.69, 9.17) is 0 Å². The number of hydrogen-bond acceptors (Lipinski definition) is 6. The molecule has 2 heterocycles. The van der Waals surface area contributed by atoms with Crippen molar-refractivity contribution in [3.05, 3.63) is 72.1 Å². The third kappa shape index (κ3) is 4.45. The van der Waals surface area contributed by atoms with Crippen LogP contribution in [0.2, 0.25) is 0 Å². The van der Waals surface area contributed by atoms with Crippen LogP contribution in [0.5, 0.6) is 0 Å². The Kier molecular flexibility index (Phi) is 6.21. The largest absolute Gasteiger partial charge is 0.313 e. The lowest BCUT2D eigenvalue weighted by molar-refractivity contribution is 0.242. The van der Waals surface area contributed by atoms with E-state index in [9.17, 15) is 8.42 Å². The Labute approximate surface area is 166 Å². The van der Waals surface area contributed by atoms with Gasteiger partial charge in [-0.1, -0.05) is 37.3 Å². The monoisotopic (exact) mass is 399 g/mol. The van der Waals surface area contributed by atoms with Crippen LogP contribution in [-0.4, -0.2) is 45.6 Å². The summed E-state index contributed by atoms with van der Waals surface area (Å²) in [5.74, 6) is 0.0193. The predicted molar refractivity (Wildman–Crippen MR) is 107 cm³/mol. The number of benzene rings is 1. The lowest BCUT2D eigenvalue weighted by Gasteiger charge is -2.24. The minimum atomic E-state index is -3.42. The van der Waals surface area contributed by atoms with Crippen molar-refractivity contribution in [2.75, 3.05) is 12.8 Å². The van der Waals surface area contributed by atoms with Gasteiger partial charge in [0.2, 0.25) is 15.0 Å². The summed E-state index contributed by atoms with van der Waals surface area (Å²) in [6.07, 6.45) is 4.91. The highest BCUT2D eigenvalue weighted by Gasteiger charge is 2.23. The summed E-state index contributed by atoms with van der Waals surface area (Å²) in [5, 5.41) is 0.122.